The molecule has 0 saturated heterocycles. The maximum absolute atomic E-state index is 13.3. The lowest BCUT2D eigenvalue weighted by molar-refractivity contribution is -0.153. The number of hydrogen-bond donors (Lipinski definition) is 1. The fourth-order valence-corrected chi connectivity index (χ4v) is 3.19. The summed E-state index contributed by atoms with van der Waals surface area (Å²) in [5.41, 5.74) is 1.42. The number of aromatic nitrogens is 2. The number of carbonyl (C=O) groups is 2. The van der Waals surface area contributed by atoms with Gasteiger partial charge < -0.3 is 14.6 Å². The Morgan fingerprint density at radius 3 is 2.48 bits per heavy atom. The van der Waals surface area contributed by atoms with Gasteiger partial charge in [-0.15, -0.1) is 0 Å². The molecule has 31 heavy (non-hydrogen) atoms. The molecule has 9 heteroatoms. The molecule has 0 spiro atoms. The van der Waals surface area contributed by atoms with Crippen LogP contribution in [0.3, 0.4) is 0 Å². The van der Waals surface area contributed by atoms with Crippen LogP contribution in [0.15, 0.2) is 54.6 Å². The molecule has 1 amide bonds. The highest BCUT2D eigenvalue weighted by Gasteiger charge is 2.38. The van der Waals surface area contributed by atoms with Gasteiger partial charge in [-0.05, 0) is 37.5 Å². The number of para-hydroxylation sites is 2. The summed E-state index contributed by atoms with van der Waals surface area (Å²) in [6.45, 7) is 0.560. The van der Waals surface area contributed by atoms with E-state index in [1.54, 1.807) is 12.1 Å². The highest BCUT2D eigenvalue weighted by molar-refractivity contribution is 5.82. The molecule has 0 aliphatic heterocycles. The van der Waals surface area contributed by atoms with Crippen LogP contribution in [-0.4, -0.2) is 34.1 Å². The van der Waals surface area contributed by atoms with E-state index < -0.39 is 37.0 Å². The Bertz CT molecular complexity index is 1050. The third-order valence-electron chi connectivity index (χ3n) is 4.68. The summed E-state index contributed by atoms with van der Waals surface area (Å²) >= 11 is 0. The van der Waals surface area contributed by atoms with E-state index in [1.165, 1.54) is 12.1 Å². The minimum Gasteiger partial charge on any atom is -0.454 e. The minimum atomic E-state index is -4.73. The highest BCUT2D eigenvalue weighted by atomic mass is 19.4. The molecule has 3 rings (SSSR count). The maximum Gasteiger partial charge on any atom is 0.449 e. The molecule has 0 aliphatic carbocycles. The largest absolute Gasteiger partial charge is 0.454 e. The van der Waals surface area contributed by atoms with E-state index in [0.717, 1.165) is 16.6 Å². The number of benzene rings is 2. The van der Waals surface area contributed by atoms with E-state index in [-0.39, 0.29) is 17.1 Å². The van der Waals surface area contributed by atoms with Gasteiger partial charge in [0.2, 0.25) is 5.82 Å². The summed E-state index contributed by atoms with van der Waals surface area (Å²) in [5, 5.41) is 2.71. The summed E-state index contributed by atoms with van der Waals surface area (Å²) in [6.07, 6.45) is -3.26. The van der Waals surface area contributed by atoms with Gasteiger partial charge in [0, 0.05) is 6.04 Å². The van der Waals surface area contributed by atoms with E-state index in [0.29, 0.717) is 6.42 Å². The van der Waals surface area contributed by atoms with Gasteiger partial charge in [-0.25, -0.2) is 4.98 Å². The molecule has 1 unspecified atom stereocenters. The first-order valence-electron chi connectivity index (χ1n) is 9.75. The SMILES string of the molecule is CC(CCc1ccccc1)NC(=O)COC(=O)Cn1c(C(F)(F)F)nc2ccccc21. The summed E-state index contributed by atoms with van der Waals surface area (Å²) in [5.74, 6) is -2.66. The molecule has 6 nitrogen and oxygen atoms in total. The molecule has 0 fully saturated rings. The van der Waals surface area contributed by atoms with E-state index in [1.807, 2.05) is 37.3 Å². The maximum atomic E-state index is 13.3. The van der Waals surface area contributed by atoms with Crippen molar-refractivity contribution in [3.63, 3.8) is 0 Å². The lowest BCUT2D eigenvalue weighted by Crippen LogP contribution is -2.36. The van der Waals surface area contributed by atoms with Crippen molar-refractivity contribution in [3.8, 4) is 0 Å². The lowest BCUT2D eigenvalue weighted by atomic mass is 10.1. The second-order valence-electron chi connectivity index (χ2n) is 7.16. The van der Waals surface area contributed by atoms with Gasteiger partial charge in [0.05, 0.1) is 11.0 Å². The number of aryl methyl sites for hydroxylation is 1. The monoisotopic (exact) mass is 433 g/mol. The number of hydrogen-bond acceptors (Lipinski definition) is 4. The average molecular weight is 433 g/mol. The third kappa shape index (κ3) is 6.07. The van der Waals surface area contributed by atoms with Crippen LogP contribution in [0.5, 0.6) is 0 Å². The van der Waals surface area contributed by atoms with Gasteiger partial charge in [-0.3, -0.25) is 9.59 Å². The molecule has 0 aliphatic rings. The average Bonchev–Trinajstić information content (AvgIpc) is 3.10. The van der Waals surface area contributed by atoms with Gasteiger partial charge in [-0.2, -0.15) is 13.2 Å². The second-order valence-corrected chi connectivity index (χ2v) is 7.16. The van der Waals surface area contributed by atoms with Gasteiger partial charge in [0.1, 0.15) is 6.54 Å². The van der Waals surface area contributed by atoms with Crippen molar-refractivity contribution in [3.05, 3.63) is 66.0 Å². The number of esters is 1. The second kappa shape index (κ2) is 9.63. The number of amides is 1. The fraction of sp³-hybridized carbons (Fsp3) is 0.318. The van der Waals surface area contributed by atoms with E-state index in [4.69, 9.17) is 4.74 Å². The van der Waals surface area contributed by atoms with Gasteiger partial charge >= 0.3 is 12.1 Å². The van der Waals surface area contributed by atoms with Crippen LogP contribution in [-0.2, 0) is 33.5 Å². The predicted molar refractivity (Wildman–Crippen MR) is 108 cm³/mol. The quantitative estimate of drug-likeness (QED) is 0.550. The van der Waals surface area contributed by atoms with Crippen LogP contribution < -0.4 is 5.32 Å². The van der Waals surface area contributed by atoms with Crippen LogP contribution in [0.1, 0.15) is 24.7 Å². The first kappa shape index (κ1) is 22.3. The van der Waals surface area contributed by atoms with E-state index in [2.05, 4.69) is 10.3 Å². The number of alkyl halides is 3. The van der Waals surface area contributed by atoms with E-state index in [9.17, 15) is 22.8 Å². The Morgan fingerprint density at radius 2 is 1.77 bits per heavy atom. The summed E-state index contributed by atoms with van der Waals surface area (Å²) in [4.78, 5) is 27.7. The Morgan fingerprint density at radius 1 is 1.10 bits per heavy atom. The Labute approximate surface area is 177 Å². The summed E-state index contributed by atoms with van der Waals surface area (Å²) in [7, 11) is 0. The van der Waals surface area contributed by atoms with Crippen molar-refractivity contribution in [2.75, 3.05) is 6.61 Å². The van der Waals surface area contributed by atoms with Crippen LogP contribution in [0.4, 0.5) is 13.2 Å². The Hall–Kier alpha value is -3.36. The molecule has 1 heterocycles. The third-order valence-corrected chi connectivity index (χ3v) is 4.68. The molecule has 0 radical (unpaired) electrons. The number of fused-ring (bicyclic) bond motifs is 1. The van der Waals surface area contributed by atoms with Crippen molar-refractivity contribution in [2.45, 2.75) is 38.5 Å². The zero-order chi connectivity index (χ0) is 22.4. The highest BCUT2D eigenvalue weighted by Crippen LogP contribution is 2.31. The molecular weight excluding hydrogens is 411 g/mol. The zero-order valence-corrected chi connectivity index (χ0v) is 16.9. The number of carbonyl (C=O) groups excluding carboxylic acids is 2. The lowest BCUT2D eigenvalue weighted by Gasteiger charge is -2.14. The van der Waals surface area contributed by atoms with Crippen LogP contribution in [0, 0.1) is 0 Å². The number of rotatable bonds is 8. The molecule has 1 atom stereocenters. The van der Waals surface area contributed by atoms with Crippen LogP contribution >= 0.6 is 0 Å². The number of imidazole rings is 1. The van der Waals surface area contributed by atoms with Crippen molar-refractivity contribution in [2.24, 2.45) is 0 Å². The van der Waals surface area contributed by atoms with Crippen molar-refractivity contribution >= 4 is 22.9 Å². The molecular formula is C22H22F3N3O3. The summed E-state index contributed by atoms with van der Waals surface area (Å²) < 4.78 is 45.5. The number of nitrogens with one attached hydrogen (secondary N) is 1. The fourth-order valence-electron chi connectivity index (χ4n) is 3.19. The first-order chi connectivity index (χ1) is 14.7. The van der Waals surface area contributed by atoms with Gasteiger partial charge in [0.15, 0.2) is 6.61 Å². The molecule has 1 aromatic heterocycles. The van der Waals surface area contributed by atoms with E-state index >= 15 is 0 Å². The van der Waals surface area contributed by atoms with Crippen LogP contribution in [0.25, 0.3) is 11.0 Å². The summed E-state index contributed by atoms with van der Waals surface area (Å²) in [6, 6.07) is 15.6. The van der Waals surface area contributed by atoms with Crippen LogP contribution in [0.2, 0.25) is 0 Å². The number of nitrogens with zero attached hydrogens (tertiary/aromatic N) is 2. The number of ether oxygens (including phenoxy) is 1. The Balaban J connectivity index is 1.53. The van der Waals surface area contributed by atoms with Crippen molar-refractivity contribution in [1.82, 2.24) is 14.9 Å². The Kier molecular flexibility index (Phi) is 6.94. The predicted octanol–water partition coefficient (Wildman–Crippen LogP) is 3.74. The molecule has 0 bridgehead atoms. The van der Waals surface area contributed by atoms with Gasteiger partial charge in [-0.1, -0.05) is 42.5 Å². The molecule has 3 aromatic rings. The topological polar surface area (TPSA) is 73.2 Å². The molecule has 1 N–H and O–H groups in total. The minimum absolute atomic E-state index is 0.118. The smallest absolute Gasteiger partial charge is 0.449 e. The standard InChI is InChI=1S/C22H22F3N3O3/c1-15(11-12-16-7-3-2-4-8-16)26-19(29)14-31-20(30)13-28-18-10-6-5-9-17(18)27-21(28)22(23,24)25/h2-10,15H,11-14H2,1H3,(H,26,29). The molecule has 0 saturated carbocycles. The zero-order valence-electron chi connectivity index (χ0n) is 16.9. The van der Waals surface area contributed by atoms with Crippen molar-refractivity contribution < 1.29 is 27.5 Å². The van der Waals surface area contributed by atoms with Crippen molar-refractivity contribution in [1.29, 1.82) is 0 Å². The first-order valence-corrected chi connectivity index (χ1v) is 9.75. The molecule has 2 aromatic carbocycles. The molecule has 164 valence electrons. The normalized spacial score (nSPS) is 12.5. The number of halogens is 3. The van der Waals surface area contributed by atoms with Gasteiger partial charge in [0.25, 0.3) is 5.91 Å².